The molecule has 4 heteroatoms. The third kappa shape index (κ3) is 5.49. The molecule has 0 aromatic heterocycles. The van der Waals surface area contributed by atoms with Gasteiger partial charge in [0.2, 0.25) is 0 Å². The van der Waals surface area contributed by atoms with Crippen LogP contribution in [0.25, 0.3) is 0 Å². The minimum atomic E-state index is 0. The zero-order chi connectivity index (χ0) is 14.5. The van der Waals surface area contributed by atoms with E-state index >= 15 is 0 Å². The van der Waals surface area contributed by atoms with Crippen molar-refractivity contribution in [1.82, 2.24) is 4.90 Å². The number of guanidine groups is 1. The summed E-state index contributed by atoms with van der Waals surface area (Å²) >= 11 is 0. The molecule has 0 bridgehead atoms. The van der Waals surface area contributed by atoms with Gasteiger partial charge in [0.15, 0.2) is 5.96 Å². The second-order valence-corrected chi connectivity index (χ2v) is 6.18. The molecule has 1 unspecified atom stereocenters. The van der Waals surface area contributed by atoms with Crippen molar-refractivity contribution < 1.29 is 0 Å². The molecule has 1 fully saturated rings. The van der Waals surface area contributed by atoms with E-state index < -0.39 is 0 Å². The van der Waals surface area contributed by atoms with Gasteiger partial charge in [-0.2, -0.15) is 0 Å². The molecule has 1 atom stereocenters. The van der Waals surface area contributed by atoms with Crippen LogP contribution in [0.1, 0.15) is 43.7 Å². The summed E-state index contributed by atoms with van der Waals surface area (Å²) in [5.41, 5.74) is 8.75. The first-order chi connectivity index (χ1) is 9.56. The van der Waals surface area contributed by atoms with E-state index in [1.807, 2.05) is 0 Å². The van der Waals surface area contributed by atoms with E-state index in [1.54, 1.807) is 0 Å². The third-order valence-corrected chi connectivity index (χ3v) is 4.28. The number of piperidine rings is 1. The average Bonchev–Trinajstić information content (AvgIpc) is 2.46. The molecule has 1 heterocycles. The number of nitrogens with zero attached hydrogens (tertiary/aromatic N) is 2. The molecule has 1 aromatic carbocycles. The Balaban J connectivity index is 0.00000220. The molecule has 1 aromatic rings. The minimum Gasteiger partial charge on any atom is -0.370 e. The van der Waals surface area contributed by atoms with Crippen molar-refractivity contribution in [3.05, 3.63) is 35.4 Å². The van der Waals surface area contributed by atoms with Crippen LogP contribution in [0.5, 0.6) is 0 Å². The lowest BCUT2D eigenvalue weighted by molar-refractivity contribution is 0.277. The van der Waals surface area contributed by atoms with Crippen LogP contribution >= 0.6 is 24.0 Å². The van der Waals surface area contributed by atoms with Crippen LogP contribution in [0, 0.1) is 12.8 Å². The number of halogens is 1. The van der Waals surface area contributed by atoms with Gasteiger partial charge in [-0.05, 0) is 31.2 Å². The van der Waals surface area contributed by atoms with Crippen molar-refractivity contribution in [3.8, 4) is 0 Å². The van der Waals surface area contributed by atoms with Gasteiger partial charge in [0.05, 0.1) is 0 Å². The molecule has 1 saturated heterocycles. The quantitative estimate of drug-likeness (QED) is 0.476. The lowest BCUT2D eigenvalue weighted by atomic mass is 9.99. The number of aliphatic imine (C=N–C) groups is 1. The number of likely N-dealkylation sites (tertiary alicyclic amines) is 1. The number of hydrogen-bond acceptors (Lipinski definition) is 1. The van der Waals surface area contributed by atoms with Crippen molar-refractivity contribution in [2.45, 2.75) is 39.5 Å². The van der Waals surface area contributed by atoms with Crippen molar-refractivity contribution in [2.75, 3.05) is 19.6 Å². The number of benzene rings is 1. The van der Waals surface area contributed by atoms with Crippen LogP contribution in [-0.2, 0) is 0 Å². The zero-order valence-corrected chi connectivity index (χ0v) is 15.7. The van der Waals surface area contributed by atoms with E-state index in [9.17, 15) is 0 Å². The highest BCUT2D eigenvalue weighted by molar-refractivity contribution is 14.0. The molecule has 1 aliphatic heterocycles. The van der Waals surface area contributed by atoms with Crippen molar-refractivity contribution in [3.63, 3.8) is 0 Å². The molecule has 0 amide bonds. The summed E-state index contributed by atoms with van der Waals surface area (Å²) in [6, 6.07) is 8.69. The fraction of sp³-hybridized carbons (Fsp3) is 0.588. The molecule has 3 nitrogen and oxygen atoms in total. The van der Waals surface area contributed by atoms with Gasteiger partial charge in [-0.3, -0.25) is 4.99 Å². The molecular weight excluding hydrogens is 373 g/mol. The highest BCUT2D eigenvalue weighted by atomic mass is 127. The van der Waals surface area contributed by atoms with Crippen molar-refractivity contribution in [2.24, 2.45) is 16.6 Å². The first-order valence-corrected chi connectivity index (χ1v) is 7.67. The highest BCUT2D eigenvalue weighted by Gasteiger charge is 2.17. The van der Waals surface area contributed by atoms with Crippen LogP contribution in [-0.4, -0.2) is 30.5 Å². The second kappa shape index (κ2) is 8.61. The van der Waals surface area contributed by atoms with Crippen LogP contribution in [0.3, 0.4) is 0 Å². The number of aryl methyl sites for hydroxylation is 1. The van der Waals surface area contributed by atoms with Crippen LogP contribution in [0.4, 0.5) is 0 Å². The standard InChI is InChI=1S/C17H27N3.HI/c1-13-4-6-16(7-5-13)15(3)12-19-17(18)20-10-8-14(2)9-11-20;/h4-7,14-15H,8-12H2,1-3H3,(H2,18,19);1H. The molecule has 0 aliphatic carbocycles. The minimum absolute atomic E-state index is 0. The molecule has 0 radical (unpaired) electrons. The molecule has 118 valence electrons. The molecule has 0 saturated carbocycles. The van der Waals surface area contributed by atoms with Gasteiger partial charge < -0.3 is 10.6 Å². The number of rotatable bonds is 3. The number of hydrogen-bond donors (Lipinski definition) is 1. The summed E-state index contributed by atoms with van der Waals surface area (Å²) in [4.78, 5) is 6.82. The monoisotopic (exact) mass is 401 g/mol. The maximum Gasteiger partial charge on any atom is 0.191 e. The topological polar surface area (TPSA) is 41.6 Å². The lowest BCUT2D eigenvalue weighted by Gasteiger charge is -2.31. The van der Waals surface area contributed by atoms with Crippen LogP contribution < -0.4 is 5.73 Å². The van der Waals surface area contributed by atoms with E-state index in [0.29, 0.717) is 5.92 Å². The largest absolute Gasteiger partial charge is 0.370 e. The fourth-order valence-corrected chi connectivity index (χ4v) is 2.57. The van der Waals surface area contributed by atoms with E-state index in [-0.39, 0.29) is 24.0 Å². The van der Waals surface area contributed by atoms with Gasteiger partial charge in [-0.15, -0.1) is 24.0 Å². The van der Waals surface area contributed by atoms with Gasteiger partial charge >= 0.3 is 0 Å². The molecule has 0 spiro atoms. The van der Waals surface area contributed by atoms with Crippen LogP contribution in [0.2, 0.25) is 0 Å². The van der Waals surface area contributed by atoms with Gasteiger partial charge in [0.25, 0.3) is 0 Å². The third-order valence-electron chi connectivity index (χ3n) is 4.28. The molecule has 2 N–H and O–H groups in total. The first kappa shape index (κ1) is 18.3. The fourth-order valence-electron chi connectivity index (χ4n) is 2.57. The van der Waals surface area contributed by atoms with Gasteiger partial charge in [0.1, 0.15) is 0 Å². The highest BCUT2D eigenvalue weighted by Crippen LogP contribution is 2.18. The molecule has 21 heavy (non-hydrogen) atoms. The van der Waals surface area contributed by atoms with E-state index in [2.05, 4.69) is 54.9 Å². The zero-order valence-electron chi connectivity index (χ0n) is 13.4. The summed E-state index contributed by atoms with van der Waals surface area (Å²) in [7, 11) is 0. The predicted molar refractivity (Wildman–Crippen MR) is 101 cm³/mol. The maximum absolute atomic E-state index is 6.12. The average molecular weight is 401 g/mol. The van der Waals surface area contributed by atoms with E-state index in [1.165, 1.54) is 24.0 Å². The predicted octanol–water partition coefficient (Wildman–Crippen LogP) is 3.76. The molecular formula is C17H28IN3. The normalized spacial score (nSPS) is 18.2. The SMILES string of the molecule is Cc1ccc(C(C)CN=C(N)N2CCC(C)CC2)cc1.I. The number of nitrogens with two attached hydrogens (primary N) is 1. The second-order valence-electron chi connectivity index (χ2n) is 6.18. The van der Waals surface area contributed by atoms with E-state index in [0.717, 1.165) is 31.5 Å². The Bertz CT molecular complexity index is 448. The van der Waals surface area contributed by atoms with E-state index in [4.69, 9.17) is 5.73 Å². The summed E-state index contributed by atoms with van der Waals surface area (Å²) in [6.07, 6.45) is 2.45. The van der Waals surface area contributed by atoms with Gasteiger partial charge in [-0.25, -0.2) is 0 Å². The maximum atomic E-state index is 6.12. The molecule has 1 aliphatic rings. The summed E-state index contributed by atoms with van der Waals surface area (Å²) in [5.74, 6) is 1.96. The summed E-state index contributed by atoms with van der Waals surface area (Å²) in [5, 5.41) is 0. The smallest absolute Gasteiger partial charge is 0.191 e. The summed E-state index contributed by atoms with van der Waals surface area (Å²) < 4.78 is 0. The van der Waals surface area contributed by atoms with Gasteiger partial charge in [-0.1, -0.05) is 43.7 Å². The lowest BCUT2D eigenvalue weighted by Crippen LogP contribution is -2.42. The first-order valence-electron chi connectivity index (χ1n) is 7.67. The molecule has 2 rings (SSSR count). The van der Waals surface area contributed by atoms with Gasteiger partial charge in [0, 0.05) is 25.6 Å². The van der Waals surface area contributed by atoms with Crippen LogP contribution in [0.15, 0.2) is 29.3 Å². The Labute approximate surface area is 146 Å². The van der Waals surface area contributed by atoms with Crippen molar-refractivity contribution in [1.29, 1.82) is 0 Å². The Hall–Kier alpha value is -0.780. The Morgan fingerprint density at radius 3 is 2.43 bits per heavy atom. The Morgan fingerprint density at radius 1 is 1.29 bits per heavy atom. The van der Waals surface area contributed by atoms with Crippen molar-refractivity contribution >= 4 is 29.9 Å². The summed E-state index contributed by atoms with van der Waals surface area (Å²) in [6.45, 7) is 9.50. The Kier molecular flexibility index (Phi) is 7.49. The Morgan fingerprint density at radius 2 is 1.86 bits per heavy atom.